The van der Waals surface area contributed by atoms with E-state index in [4.69, 9.17) is 20.3 Å². The molecule has 98 valence electrons. The highest BCUT2D eigenvalue weighted by molar-refractivity contribution is 5.67. The second-order valence-corrected chi connectivity index (χ2v) is 4.50. The molecule has 0 saturated heterocycles. The topological polar surface area (TPSA) is 81.8 Å². The predicted molar refractivity (Wildman–Crippen MR) is 65.8 cm³/mol. The van der Waals surface area contributed by atoms with Gasteiger partial charge in [0.25, 0.3) is 0 Å². The molecule has 0 fully saturated rings. The SMILES string of the molecule is CC(CC(=O)O)C(N)c1ccc2c(c1)OCCO2. The summed E-state index contributed by atoms with van der Waals surface area (Å²) < 4.78 is 10.9. The summed E-state index contributed by atoms with van der Waals surface area (Å²) in [6.07, 6.45) is 0.0512. The molecule has 5 heteroatoms. The van der Waals surface area contributed by atoms with Crippen LogP contribution in [-0.2, 0) is 4.79 Å². The van der Waals surface area contributed by atoms with Crippen molar-refractivity contribution < 1.29 is 19.4 Å². The Kier molecular flexibility index (Phi) is 3.72. The number of benzene rings is 1. The van der Waals surface area contributed by atoms with Crippen LogP contribution in [0.1, 0.15) is 24.9 Å². The zero-order chi connectivity index (χ0) is 13.1. The molecule has 5 nitrogen and oxygen atoms in total. The van der Waals surface area contributed by atoms with Crippen molar-refractivity contribution >= 4 is 5.97 Å². The lowest BCUT2D eigenvalue weighted by molar-refractivity contribution is -0.138. The fourth-order valence-corrected chi connectivity index (χ4v) is 2.00. The number of hydrogen-bond acceptors (Lipinski definition) is 4. The van der Waals surface area contributed by atoms with E-state index in [1.807, 2.05) is 25.1 Å². The maximum atomic E-state index is 10.7. The first-order valence-corrected chi connectivity index (χ1v) is 5.95. The predicted octanol–water partition coefficient (Wildman–Crippen LogP) is 1.57. The molecule has 1 aromatic rings. The van der Waals surface area contributed by atoms with Crippen LogP contribution >= 0.6 is 0 Å². The molecule has 0 aromatic heterocycles. The summed E-state index contributed by atoms with van der Waals surface area (Å²) in [6.45, 7) is 2.90. The smallest absolute Gasteiger partial charge is 0.303 e. The van der Waals surface area contributed by atoms with E-state index in [1.165, 1.54) is 0 Å². The van der Waals surface area contributed by atoms with Crippen LogP contribution in [0.2, 0.25) is 0 Å². The molecule has 1 aromatic carbocycles. The van der Waals surface area contributed by atoms with Crippen LogP contribution in [0.5, 0.6) is 11.5 Å². The summed E-state index contributed by atoms with van der Waals surface area (Å²) in [7, 11) is 0. The van der Waals surface area contributed by atoms with Crippen LogP contribution in [-0.4, -0.2) is 24.3 Å². The van der Waals surface area contributed by atoms with Crippen molar-refractivity contribution in [2.24, 2.45) is 11.7 Å². The molecule has 3 N–H and O–H groups in total. The number of hydrogen-bond donors (Lipinski definition) is 2. The molecular weight excluding hydrogens is 234 g/mol. The van der Waals surface area contributed by atoms with Gasteiger partial charge in [0.05, 0.1) is 0 Å². The van der Waals surface area contributed by atoms with Crippen molar-refractivity contribution in [3.63, 3.8) is 0 Å². The average Bonchev–Trinajstić information content (AvgIpc) is 2.36. The van der Waals surface area contributed by atoms with Crippen LogP contribution in [0.4, 0.5) is 0 Å². The first-order valence-electron chi connectivity index (χ1n) is 5.95. The van der Waals surface area contributed by atoms with Gasteiger partial charge in [0, 0.05) is 12.5 Å². The number of rotatable bonds is 4. The summed E-state index contributed by atoms with van der Waals surface area (Å²) in [5.74, 6) is 0.417. The molecule has 0 amide bonds. The quantitative estimate of drug-likeness (QED) is 0.848. The third-order valence-electron chi connectivity index (χ3n) is 3.06. The zero-order valence-electron chi connectivity index (χ0n) is 10.3. The van der Waals surface area contributed by atoms with E-state index in [0.29, 0.717) is 24.7 Å². The van der Waals surface area contributed by atoms with Crippen molar-refractivity contribution in [2.75, 3.05) is 13.2 Å². The third kappa shape index (κ3) is 2.73. The number of aliphatic carboxylic acids is 1. The summed E-state index contributed by atoms with van der Waals surface area (Å²) in [5, 5.41) is 8.77. The van der Waals surface area contributed by atoms with E-state index in [9.17, 15) is 4.79 Å². The molecule has 1 heterocycles. The number of nitrogens with two attached hydrogens (primary N) is 1. The largest absolute Gasteiger partial charge is 0.486 e. The first-order chi connectivity index (χ1) is 8.58. The number of carbonyl (C=O) groups is 1. The van der Waals surface area contributed by atoms with E-state index >= 15 is 0 Å². The van der Waals surface area contributed by atoms with Crippen LogP contribution in [0.25, 0.3) is 0 Å². The van der Waals surface area contributed by atoms with Gasteiger partial charge in [-0.15, -0.1) is 0 Å². The van der Waals surface area contributed by atoms with E-state index in [-0.39, 0.29) is 18.4 Å². The highest BCUT2D eigenvalue weighted by Gasteiger charge is 2.20. The van der Waals surface area contributed by atoms with E-state index in [0.717, 1.165) is 5.56 Å². The Morgan fingerprint density at radius 2 is 2.06 bits per heavy atom. The van der Waals surface area contributed by atoms with Crippen molar-refractivity contribution in [1.29, 1.82) is 0 Å². The molecule has 0 radical (unpaired) electrons. The molecular formula is C13H17NO4. The summed E-state index contributed by atoms with van der Waals surface area (Å²) in [5.41, 5.74) is 6.93. The van der Waals surface area contributed by atoms with Gasteiger partial charge in [0.1, 0.15) is 13.2 Å². The fourth-order valence-electron chi connectivity index (χ4n) is 2.00. The lowest BCUT2D eigenvalue weighted by Gasteiger charge is -2.22. The minimum atomic E-state index is -0.838. The lowest BCUT2D eigenvalue weighted by Crippen LogP contribution is -2.22. The Balaban J connectivity index is 2.15. The monoisotopic (exact) mass is 251 g/mol. The van der Waals surface area contributed by atoms with E-state index in [1.54, 1.807) is 0 Å². The average molecular weight is 251 g/mol. The first kappa shape index (κ1) is 12.7. The number of ether oxygens (including phenoxy) is 2. The normalized spacial score (nSPS) is 17.0. The molecule has 2 rings (SSSR count). The van der Waals surface area contributed by atoms with Gasteiger partial charge in [-0.2, -0.15) is 0 Å². The second kappa shape index (κ2) is 5.27. The van der Waals surface area contributed by atoms with Crippen molar-refractivity contribution in [2.45, 2.75) is 19.4 Å². The maximum Gasteiger partial charge on any atom is 0.303 e. The van der Waals surface area contributed by atoms with Gasteiger partial charge in [-0.25, -0.2) is 0 Å². The van der Waals surface area contributed by atoms with Gasteiger partial charge in [-0.05, 0) is 23.6 Å². The van der Waals surface area contributed by atoms with Crippen molar-refractivity contribution in [3.05, 3.63) is 23.8 Å². The number of carboxylic acids is 1. The lowest BCUT2D eigenvalue weighted by atomic mass is 9.92. The standard InChI is InChI=1S/C13H17NO4/c1-8(6-12(15)16)13(14)9-2-3-10-11(7-9)18-5-4-17-10/h2-3,7-8,13H,4-6,14H2,1H3,(H,15,16). The molecule has 2 atom stereocenters. The Morgan fingerprint density at radius 3 is 2.72 bits per heavy atom. The van der Waals surface area contributed by atoms with Gasteiger partial charge >= 0.3 is 5.97 Å². The maximum absolute atomic E-state index is 10.7. The summed E-state index contributed by atoms with van der Waals surface area (Å²) in [4.78, 5) is 10.7. The molecule has 0 saturated carbocycles. The molecule has 1 aliphatic rings. The van der Waals surface area contributed by atoms with Gasteiger partial charge in [-0.3, -0.25) is 4.79 Å². The van der Waals surface area contributed by atoms with Crippen molar-refractivity contribution in [3.8, 4) is 11.5 Å². The third-order valence-corrected chi connectivity index (χ3v) is 3.06. The van der Waals surface area contributed by atoms with Crippen LogP contribution in [0.15, 0.2) is 18.2 Å². The minimum Gasteiger partial charge on any atom is -0.486 e. The van der Waals surface area contributed by atoms with Crippen molar-refractivity contribution in [1.82, 2.24) is 0 Å². The highest BCUT2D eigenvalue weighted by atomic mass is 16.6. The second-order valence-electron chi connectivity index (χ2n) is 4.50. The number of fused-ring (bicyclic) bond motifs is 1. The van der Waals surface area contributed by atoms with Crippen LogP contribution < -0.4 is 15.2 Å². The molecule has 0 bridgehead atoms. The Hall–Kier alpha value is -1.75. The minimum absolute atomic E-state index is 0.0512. The zero-order valence-corrected chi connectivity index (χ0v) is 10.3. The van der Waals surface area contributed by atoms with E-state index in [2.05, 4.69) is 0 Å². The summed E-state index contributed by atoms with van der Waals surface area (Å²) >= 11 is 0. The fraction of sp³-hybridized carbons (Fsp3) is 0.462. The van der Waals surface area contributed by atoms with E-state index < -0.39 is 5.97 Å². The van der Waals surface area contributed by atoms with Gasteiger partial charge in [0.15, 0.2) is 11.5 Å². The van der Waals surface area contributed by atoms with Gasteiger partial charge < -0.3 is 20.3 Å². The Bertz CT molecular complexity index is 447. The summed E-state index contributed by atoms with van der Waals surface area (Å²) in [6, 6.07) is 5.18. The number of carboxylic acid groups (broad SMARTS) is 1. The van der Waals surface area contributed by atoms with Gasteiger partial charge in [-0.1, -0.05) is 13.0 Å². The molecule has 0 aliphatic carbocycles. The Labute approximate surface area is 106 Å². The molecule has 2 unspecified atom stereocenters. The molecule has 18 heavy (non-hydrogen) atoms. The molecule has 0 spiro atoms. The molecule has 1 aliphatic heterocycles. The Morgan fingerprint density at radius 1 is 1.39 bits per heavy atom. The van der Waals surface area contributed by atoms with Crippen LogP contribution in [0, 0.1) is 5.92 Å². The van der Waals surface area contributed by atoms with Gasteiger partial charge in [0.2, 0.25) is 0 Å². The van der Waals surface area contributed by atoms with Crippen LogP contribution in [0.3, 0.4) is 0 Å². The highest BCUT2D eigenvalue weighted by Crippen LogP contribution is 2.34.